The molecular weight excluding hydrogens is 322 g/mol. The minimum atomic E-state index is -0.405. The fourth-order valence-electron chi connectivity index (χ4n) is 2.63. The van der Waals surface area contributed by atoms with Crippen LogP contribution in [0.15, 0.2) is 44.1 Å². The van der Waals surface area contributed by atoms with Gasteiger partial charge in [-0.15, -0.1) is 0 Å². The average Bonchev–Trinajstić information content (AvgIpc) is 3.02. The molecule has 2 aromatic heterocycles. The van der Waals surface area contributed by atoms with Crippen molar-refractivity contribution in [3.05, 3.63) is 57.8 Å². The van der Waals surface area contributed by atoms with Gasteiger partial charge >= 0.3 is 11.7 Å². The zero-order valence-corrected chi connectivity index (χ0v) is 14.1. The summed E-state index contributed by atoms with van der Waals surface area (Å²) in [5.74, 6) is 0.790. The van der Waals surface area contributed by atoms with Crippen molar-refractivity contribution in [2.75, 3.05) is 5.32 Å². The summed E-state index contributed by atoms with van der Waals surface area (Å²) in [6.45, 7) is 4.33. The molecule has 130 valence electrons. The summed E-state index contributed by atoms with van der Waals surface area (Å²) in [7, 11) is 0. The second kappa shape index (κ2) is 7.21. The number of anilines is 1. The Morgan fingerprint density at radius 1 is 1.16 bits per heavy atom. The number of carbonyl (C=O) groups excluding carboxylic acids is 1. The third-order valence-electron chi connectivity index (χ3n) is 3.91. The van der Waals surface area contributed by atoms with Crippen LogP contribution in [0.25, 0.3) is 11.0 Å². The first-order valence-electron chi connectivity index (χ1n) is 8.15. The number of amides is 2. The van der Waals surface area contributed by atoms with Crippen LogP contribution < -0.4 is 16.3 Å². The second-order valence-electron chi connectivity index (χ2n) is 5.55. The number of fused-ring (bicyclic) bond motifs is 1. The molecule has 0 fully saturated rings. The number of hydrogen-bond acceptors (Lipinski definition) is 5. The quantitative estimate of drug-likeness (QED) is 0.694. The normalized spacial score (nSPS) is 10.8. The van der Waals surface area contributed by atoms with Gasteiger partial charge in [0.1, 0.15) is 11.3 Å². The van der Waals surface area contributed by atoms with E-state index in [0.717, 1.165) is 35.2 Å². The molecule has 0 aliphatic rings. The third-order valence-corrected chi connectivity index (χ3v) is 3.91. The number of nitrogens with zero attached hydrogens (tertiary/aromatic N) is 1. The van der Waals surface area contributed by atoms with Crippen molar-refractivity contribution in [1.82, 2.24) is 10.5 Å². The summed E-state index contributed by atoms with van der Waals surface area (Å²) in [5.41, 5.74) is 2.47. The molecule has 2 heterocycles. The standard InChI is InChI=1S/C18H19N3O4/c1-3-14-13(15(4-2)25-21-14)10-19-18(23)20-12-6-7-16-11(9-12)5-8-17(22)24-16/h5-9H,3-4,10H2,1-2H3,(H2,19,20,23). The molecule has 7 heteroatoms. The highest BCUT2D eigenvalue weighted by Gasteiger charge is 2.14. The SMILES string of the molecule is CCc1noc(CC)c1CNC(=O)Nc1ccc2oc(=O)ccc2c1. The first kappa shape index (κ1) is 16.8. The van der Waals surface area contributed by atoms with Gasteiger partial charge in [-0.3, -0.25) is 0 Å². The fourth-order valence-corrected chi connectivity index (χ4v) is 2.63. The van der Waals surface area contributed by atoms with Crippen LogP contribution in [0.5, 0.6) is 0 Å². The minimum absolute atomic E-state index is 0.331. The zero-order chi connectivity index (χ0) is 17.8. The summed E-state index contributed by atoms with van der Waals surface area (Å²) in [5, 5.41) is 10.3. The number of nitrogens with one attached hydrogen (secondary N) is 2. The van der Waals surface area contributed by atoms with Crippen LogP contribution in [0.4, 0.5) is 10.5 Å². The summed E-state index contributed by atoms with van der Waals surface area (Å²) in [6.07, 6.45) is 1.47. The second-order valence-corrected chi connectivity index (χ2v) is 5.55. The zero-order valence-electron chi connectivity index (χ0n) is 14.1. The maximum absolute atomic E-state index is 12.2. The van der Waals surface area contributed by atoms with Crippen molar-refractivity contribution in [3.63, 3.8) is 0 Å². The van der Waals surface area contributed by atoms with Crippen molar-refractivity contribution < 1.29 is 13.7 Å². The van der Waals surface area contributed by atoms with Crippen LogP contribution >= 0.6 is 0 Å². The molecule has 2 N–H and O–H groups in total. The minimum Gasteiger partial charge on any atom is -0.423 e. The molecule has 3 aromatic rings. The largest absolute Gasteiger partial charge is 0.423 e. The number of rotatable bonds is 5. The van der Waals surface area contributed by atoms with Gasteiger partial charge in [-0.05, 0) is 30.7 Å². The van der Waals surface area contributed by atoms with Crippen LogP contribution in [0, 0.1) is 0 Å². The molecule has 0 saturated carbocycles. The van der Waals surface area contributed by atoms with E-state index < -0.39 is 5.63 Å². The van der Waals surface area contributed by atoms with Crippen LogP contribution in [-0.4, -0.2) is 11.2 Å². The van der Waals surface area contributed by atoms with Gasteiger partial charge in [0.15, 0.2) is 0 Å². The van der Waals surface area contributed by atoms with Gasteiger partial charge < -0.3 is 19.6 Å². The first-order valence-corrected chi connectivity index (χ1v) is 8.15. The number of urea groups is 1. The number of aromatic nitrogens is 1. The molecule has 0 aliphatic heterocycles. The molecule has 2 amide bonds. The van der Waals surface area contributed by atoms with E-state index in [0.29, 0.717) is 17.8 Å². The highest BCUT2D eigenvalue weighted by Crippen LogP contribution is 2.18. The predicted octanol–water partition coefficient (Wildman–Crippen LogP) is 3.23. The van der Waals surface area contributed by atoms with Gasteiger partial charge in [-0.2, -0.15) is 0 Å². The highest BCUT2D eigenvalue weighted by atomic mass is 16.5. The molecule has 0 saturated heterocycles. The number of aryl methyl sites for hydroxylation is 2. The van der Waals surface area contributed by atoms with Crippen molar-refractivity contribution in [3.8, 4) is 0 Å². The number of hydrogen-bond donors (Lipinski definition) is 2. The molecule has 1 aromatic carbocycles. The Morgan fingerprint density at radius 3 is 2.76 bits per heavy atom. The van der Waals surface area contributed by atoms with Gasteiger partial charge in [-0.1, -0.05) is 19.0 Å². The summed E-state index contributed by atoms with van der Waals surface area (Å²) in [6, 6.07) is 7.74. The van der Waals surface area contributed by atoms with Crippen LogP contribution in [0.2, 0.25) is 0 Å². The van der Waals surface area contributed by atoms with Crippen LogP contribution in [-0.2, 0) is 19.4 Å². The van der Waals surface area contributed by atoms with Crippen molar-refractivity contribution in [1.29, 1.82) is 0 Å². The Bertz CT molecular complexity index is 937. The van der Waals surface area contributed by atoms with Gasteiger partial charge in [-0.25, -0.2) is 9.59 Å². The maximum atomic E-state index is 12.2. The Labute approximate surface area is 144 Å². The molecule has 3 rings (SSSR count). The van der Waals surface area contributed by atoms with E-state index in [2.05, 4.69) is 15.8 Å². The van der Waals surface area contributed by atoms with E-state index in [4.69, 9.17) is 8.94 Å². The Morgan fingerprint density at radius 2 is 2.00 bits per heavy atom. The molecule has 25 heavy (non-hydrogen) atoms. The number of benzene rings is 1. The lowest BCUT2D eigenvalue weighted by molar-refractivity contribution is 0.251. The van der Waals surface area contributed by atoms with E-state index in [9.17, 15) is 9.59 Å². The summed E-state index contributed by atoms with van der Waals surface area (Å²) in [4.78, 5) is 23.3. The molecule has 7 nitrogen and oxygen atoms in total. The average molecular weight is 341 g/mol. The molecule has 0 spiro atoms. The molecule has 0 aliphatic carbocycles. The topological polar surface area (TPSA) is 97.4 Å². The lowest BCUT2D eigenvalue weighted by Gasteiger charge is -2.08. The van der Waals surface area contributed by atoms with Gasteiger partial charge in [0.2, 0.25) is 0 Å². The van der Waals surface area contributed by atoms with Gasteiger partial charge in [0, 0.05) is 35.7 Å². The third kappa shape index (κ3) is 3.71. The molecule has 0 radical (unpaired) electrons. The molecule has 0 bridgehead atoms. The smallest absolute Gasteiger partial charge is 0.336 e. The first-order chi connectivity index (χ1) is 12.1. The van der Waals surface area contributed by atoms with Gasteiger partial charge in [0.25, 0.3) is 0 Å². The maximum Gasteiger partial charge on any atom is 0.336 e. The van der Waals surface area contributed by atoms with Crippen molar-refractivity contribution >= 4 is 22.7 Å². The Balaban J connectivity index is 1.68. The van der Waals surface area contributed by atoms with E-state index in [1.54, 1.807) is 24.3 Å². The van der Waals surface area contributed by atoms with E-state index >= 15 is 0 Å². The summed E-state index contributed by atoms with van der Waals surface area (Å²) < 4.78 is 10.4. The van der Waals surface area contributed by atoms with Gasteiger partial charge in [0.05, 0.1) is 5.69 Å². The molecule has 0 atom stereocenters. The highest BCUT2D eigenvalue weighted by molar-refractivity contribution is 5.92. The Kier molecular flexibility index (Phi) is 4.83. The monoisotopic (exact) mass is 341 g/mol. The lowest BCUT2D eigenvalue weighted by Crippen LogP contribution is -2.28. The van der Waals surface area contributed by atoms with E-state index in [1.165, 1.54) is 6.07 Å². The van der Waals surface area contributed by atoms with Crippen molar-refractivity contribution in [2.24, 2.45) is 0 Å². The van der Waals surface area contributed by atoms with E-state index in [1.807, 2.05) is 13.8 Å². The fraction of sp³-hybridized carbons (Fsp3) is 0.278. The van der Waals surface area contributed by atoms with E-state index in [-0.39, 0.29) is 6.03 Å². The van der Waals surface area contributed by atoms with Crippen LogP contribution in [0.3, 0.4) is 0 Å². The molecular formula is C18H19N3O4. The predicted molar refractivity (Wildman–Crippen MR) is 93.6 cm³/mol. The number of carbonyl (C=O) groups is 1. The van der Waals surface area contributed by atoms with Crippen molar-refractivity contribution in [2.45, 2.75) is 33.2 Å². The summed E-state index contributed by atoms with van der Waals surface area (Å²) >= 11 is 0. The lowest BCUT2D eigenvalue weighted by atomic mass is 10.1. The Hall–Kier alpha value is -3.09. The van der Waals surface area contributed by atoms with Crippen LogP contribution in [0.1, 0.15) is 30.9 Å². The molecule has 0 unspecified atom stereocenters.